The van der Waals surface area contributed by atoms with Gasteiger partial charge in [-0.1, -0.05) is 55.8 Å². The topological polar surface area (TPSA) is 105 Å². The average molecular weight is 471 g/mol. The number of hydrogen-bond acceptors (Lipinski definition) is 6. The van der Waals surface area contributed by atoms with Crippen molar-refractivity contribution in [3.63, 3.8) is 0 Å². The minimum Gasteiger partial charge on any atom is -0.318 e. The standard InChI is InChI=1S/C25H26N8O2/c1-4-5-10-21-27-23-22(24(34)31(3)25(35)30(23)2)32(21)15-17-11-13-18(14-12-17)19-8-6-7-9-20(19)33-16-26-28-29-33/h6-9,11-14,16H,4-5,10,15H2,1-3H3. The molecule has 0 saturated carbocycles. The zero-order chi connectivity index (χ0) is 24.5. The Morgan fingerprint density at radius 1 is 0.943 bits per heavy atom. The number of aryl methyl sites for hydroxylation is 2. The molecular weight excluding hydrogens is 444 g/mol. The first kappa shape index (κ1) is 22.5. The highest BCUT2D eigenvalue weighted by molar-refractivity contribution is 5.73. The van der Waals surface area contributed by atoms with Gasteiger partial charge in [0, 0.05) is 32.6 Å². The van der Waals surface area contributed by atoms with Crippen LogP contribution in [0.2, 0.25) is 0 Å². The van der Waals surface area contributed by atoms with Crippen molar-refractivity contribution in [1.82, 2.24) is 38.9 Å². The number of unbranched alkanes of at least 4 members (excludes halogenated alkanes) is 1. The summed E-state index contributed by atoms with van der Waals surface area (Å²) in [6, 6.07) is 16.1. The number of para-hydroxylation sites is 1. The number of hydrogen-bond donors (Lipinski definition) is 0. The van der Waals surface area contributed by atoms with Crippen molar-refractivity contribution in [2.24, 2.45) is 14.1 Å². The van der Waals surface area contributed by atoms with Crippen molar-refractivity contribution < 1.29 is 0 Å². The Morgan fingerprint density at radius 2 is 1.71 bits per heavy atom. The fraction of sp³-hybridized carbons (Fsp3) is 0.280. The minimum absolute atomic E-state index is 0.328. The summed E-state index contributed by atoms with van der Waals surface area (Å²) in [4.78, 5) is 30.2. The maximum atomic E-state index is 13.1. The van der Waals surface area contributed by atoms with Gasteiger partial charge >= 0.3 is 5.69 Å². The van der Waals surface area contributed by atoms with Crippen LogP contribution in [0.25, 0.3) is 28.0 Å². The monoisotopic (exact) mass is 470 g/mol. The lowest BCUT2D eigenvalue weighted by atomic mass is 10.0. The second-order valence-corrected chi connectivity index (χ2v) is 8.56. The molecule has 0 aliphatic carbocycles. The number of nitrogens with zero attached hydrogens (tertiary/aromatic N) is 8. The summed E-state index contributed by atoms with van der Waals surface area (Å²) in [7, 11) is 3.16. The average Bonchev–Trinajstić information content (AvgIpc) is 3.54. The summed E-state index contributed by atoms with van der Waals surface area (Å²) >= 11 is 0. The molecule has 10 nitrogen and oxygen atoms in total. The van der Waals surface area contributed by atoms with E-state index in [4.69, 9.17) is 4.98 Å². The number of rotatable bonds is 7. The van der Waals surface area contributed by atoms with Crippen LogP contribution >= 0.6 is 0 Å². The molecule has 5 aromatic rings. The third-order valence-corrected chi connectivity index (χ3v) is 6.29. The summed E-state index contributed by atoms with van der Waals surface area (Å²) in [6.07, 6.45) is 4.27. The molecule has 35 heavy (non-hydrogen) atoms. The second kappa shape index (κ2) is 9.13. The molecule has 0 radical (unpaired) electrons. The van der Waals surface area contributed by atoms with Crippen molar-refractivity contribution in [2.75, 3.05) is 0 Å². The molecule has 0 aliphatic rings. The van der Waals surface area contributed by atoms with Crippen LogP contribution in [-0.2, 0) is 27.1 Å². The largest absolute Gasteiger partial charge is 0.332 e. The van der Waals surface area contributed by atoms with Gasteiger partial charge in [0.15, 0.2) is 11.2 Å². The van der Waals surface area contributed by atoms with E-state index in [1.807, 2.05) is 41.0 Å². The molecule has 0 N–H and O–H groups in total. The first-order valence-electron chi connectivity index (χ1n) is 11.6. The molecule has 0 saturated heterocycles. The lowest BCUT2D eigenvalue weighted by Crippen LogP contribution is -2.37. The van der Waals surface area contributed by atoms with Gasteiger partial charge in [-0.25, -0.2) is 9.78 Å². The first-order valence-corrected chi connectivity index (χ1v) is 11.6. The number of benzene rings is 2. The van der Waals surface area contributed by atoms with Crippen LogP contribution in [0.4, 0.5) is 0 Å². The molecule has 2 aromatic carbocycles. The van der Waals surface area contributed by atoms with Crippen LogP contribution in [-0.4, -0.2) is 38.9 Å². The maximum Gasteiger partial charge on any atom is 0.332 e. The van der Waals surface area contributed by atoms with Crippen molar-refractivity contribution in [1.29, 1.82) is 0 Å². The normalized spacial score (nSPS) is 11.4. The number of aromatic nitrogens is 8. The van der Waals surface area contributed by atoms with Crippen LogP contribution in [0.1, 0.15) is 31.2 Å². The molecule has 0 unspecified atom stereocenters. The molecule has 0 atom stereocenters. The van der Waals surface area contributed by atoms with Crippen LogP contribution in [0, 0.1) is 0 Å². The van der Waals surface area contributed by atoms with Crippen molar-refractivity contribution >= 4 is 11.2 Å². The zero-order valence-corrected chi connectivity index (χ0v) is 19.9. The summed E-state index contributed by atoms with van der Waals surface area (Å²) in [6.45, 7) is 2.60. The van der Waals surface area contributed by atoms with Gasteiger partial charge in [0.2, 0.25) is 0 Å². The van der Waals surface area contributed by atoms with E-state index in [0.717, 1.165) is 52.0 Å². The Labute approximate surface area is 201 Å². The zero-order valence-electron chi connectivity index (χ0n) is 19.9. The van der Waals surface area contributed by atoms with E-state index < -0.39 is 0 Å². The van der Waals surface area contributed by atoms with E-state index in [9.17, 15) is 9.59 Å². The molecule has 0 aliphatic heterocycles. The van der Waals surface area contributed by atoms with E-state index in [2.05, 4.69) is 34.6 Å². The van der Waals surface area contributed by atoms with Crippen LogP contribution in [0.5, 0.6) is 0 Å². The summed E-state index contributed by atoms with van der Waals surface area (Å²) in [5, 5.41) is 11.5. The minimum atomic E-state index is -0.375. The Morgan fingerprint density at radius 3 is 2.43 bits per heavy atom. The quantitative estimate of drug-likeness (QED) is 0.362. The lowest BCUT2D eigenvalue weighted by Gasteiger charge is -2.12. The van der Waals surface area contributed by atoms with Gasteiger partial charge in [-0.05, 0) is 34.0 Å². The molecule has 5 rings (SSSR count). The van der Waals surface area contributed by atoms with Gasteiger partial charge in [0.1, 0.15) is 12.2 Å². The third kappa shape index (κ3) is 3.96. The molecule has 10 heteroatoms. The molecule has 3 aromatic heterocycles. The fourth-order valence-electron chi connectivity index (χ4n) is 4.35. The highest BCUT2D eigenvalue weighted by Crippen LogP contribution is 2.27. The number of tetrazole rings is 1. The van der Waals surface area contributed by atoms with Crippen molar-refractivity contribution in [2.45, 2.75) is 32.7 Å². The van der Waals surface area contributed by atoms with E-state index in [1.165, 1.54) is 11.6 Å². The van der Waals surface area contributed by atoms with Gasteiger partial charge in [-0.15, -0.1) is 5.10 Å². The third-order valence-electron chi connectivity index (χ3n) is 6.29. The number of fused-ring (bicyclic) bond motifs is 1. The van der Waals surface area contributed by atoms with E-state index in [0.29, 0.717) is 17.7 Å². The lowest BCUT2D eigenvalue weighted by molar-refractivity contribution is 0.683. The van der Waals surface area contributed by atoms with Gasteiger partial charge in [0.05, 0.1) is 5.69 Å². The summed E-state index contributed by atoms with van der Waals surface area (Å²) in [5.74, 6) is 0.813. The van der Waals surface area contributed by atoms with Gasteiger partial charge in [0.25, 0.3) is 5.56 Å². The smallest absolute Gasteiger partial charge is 0.318 e. The Balaban J connectivity index is 1.55. The van der Waals surface area contributed by atoms with Crippen molar-refractivity contribution in [3.8, 4) is 16.8 Å². The molecule has 0 amide bonds. The highest BCUT2D eigenvalue weighted by atomic mass is 16.2. The Bertz CT molecular complexity index is 1610. The first-order chi connectivity index (χ1) is 17.0. The second-order valence-electron chi connectivity index (χ2n) is 8.56. The predicted molar refractivity (Wildman–Crippen MR) is 133 cm³/mol. The van der Waals surface area contributed by atoms with E-state index in [-0.39, 0.29) is 11.2 Å². The SMILES string of the molecule is CCCCc1nc2c(c(=O)n(C)c(=O)n2C)n1Cc1ccc(-c2ccccc2-n2cnnn2)cc1. The van der Waals surface area contributed by atoms with Gasteiger partial charge in [-0.3, -0.25) is 13.9 Å². The molecule has 178 valence electrons. The van der Waals surface area contributed by atoms with E-state index in [1.54, 1.807) is 18.1 Å². The van der Waals surface area contributed by atoms with Crippen LogP contribution < -0.4 is 11.2 Å². The van der Waals surface area contributed by atoms with Crippen LogP contribution in [0.15, 0.2) is 64.4 Å². The molecule has 0 spiro atoms. The predicted octanol–water partition coefficient (Wildman–Crippen LogP) is 2.47. The fourth-order valence-corrected chi connectivity index (χ4v) is 4.35. The Kier molecular flexibility index (Phi) is 5.86. The summed E-state index contributed by atoms with van der Waals surface area (Å²) in [5.41, 5.74) is 4.13. The van der Waals surface area contributed by atoms with E-state index >= 15 is 0 Å². The Hall–Kier alpha value is -4.34. The van der Waals surface area contributed by atoms with Gasteiger partial charge < -0.3 is 4.57 Å². The van der Waals surface area contributed by atoms with Crippen molar-refractivity contribution in [3.05, 3.63) is 87.1 Å². The molecule has 0 bridgehead atoms. The molecule has 0 fully saturated rings. The molecular formula is C25H26N8O2. The summed E-state index contributed by atoms with van der Waals surface area (Å²) < 4.78 is 6.18. The molecule has 3 heterocycles. The van der Waals surface area contributed by atoms with Gasteiger partial charge in [-0.2, -0.15) is 4.68 Å². The highest BCUT2D eigenvalue weighted by Gasteiger charge is 2.19. The van der Waals surface area contributed by atoms with Crippen LogP contribution in [0.3, 0.4) is 0 Å². The number of imidazole rings is 1. The maximum absolute atomic E-state index is 13.1.